The summed E-state index contributed by atoms with van der Waals surface area (Å²) in [6, 6.07) is 11.5. The molecule has 1 aromatic carbocycles. The maximum atomic E-state index is 12.8. The van der Waals surface area contributed by atoms with Crippen LogP contribution in [0.3, 0.4) is 0 Å². The molecule has 1 fully saturated rings. The first kappa shape index (κ1) is 18.2. The van der Waals surface area contributed by atoms with Crippen molar-refractivity contribution in [3.63, 3.8) is 0 Å². The number of thioether (sulfide) groups is 1. The number of benzene rings is 1. The number of carbonyl (C=O) groups is 1. The van der Waals surface area contributed by atoms with E-state index in [9.17, 15) is 4.79 Å². The average Bonchev–Trinajstić information content (AvgIpc) is 3.34. The molecular weight excluding hydrogens is 374 g/mol. The topological polar surface area (TPSA) is 54.9 Å². The van der Waals surface area contributed by atoms with Crippen molar-refractivity contribution >= 4 is 34.7 Å². The molecular formula is C21H21N3OS2. The molecule has 1 saturated carbocycles. The summed E-state index contributed by atoms with van der Waals surface area (Å²) < 4.78 is 0. The molecule has 4 nitrogen and oxygen atoms in total. The van der Waals surface area contributed by atoms with E-state index in [0.29, 0.717) is 10.8 Å². The van der Waals surface area contributed by atoms with Crippen molar-refractivity contribution in [2.75, 3.05) is 5.32 Å². The van der Waals surface area contributed by atoms with Crippen molar-refractivity contribution in [3.05, 3.63) is 58.5 Å². The Hall–Kier alpha value is -2.18. The third-order valence-electron chi connectivity index (χ3n) is 4.65. The molecule has 2 heterocycles. The van der Waals surface area contributed by atoms with Crippen LogP contribution in [-0.4, -0.2) is 21.1 Å². The summed E-state index contributed by atoms with van der Waals surface area (Å²) in [6.45, 7) is 2.00. The van der Waals surface area contributed by atoms with E-state index in [-0.39, 0.29) is 5.91 Å². The Balaban J connectivity index is 1.47. The average molecular weight is 396 g/mol. The molecule has 1 aliphatic rings. The minimum atomic E-state index is -0.110. The van der Waals surface area contributed by atoms with E-state index in [4.69, 9.17) is 0 Å². The van der Waals surface area contributed by atoms with Gasteiger partial charge in [0.05, 0.1) is 16.3 Å². The van der Waals surface area contributed by atoms with Gasteiger partial charge in [0.2, 0.25) is 0 Å². The Morgan fingerprint density at radius 3 is 2.67 bits per heavy atom. The van der Waals surface area contributed by atoms with E-state index in [0.717, 1.165) is 27.0 Å². The minimum Gasteiger partial charge on any atom is -0.322 e. The summed E-state index contributed by atoms with van der Waals surface area (Å²) in [7, 11) is 0. The third-order valence-corrected chi connectivity index (χ3v) is 6.78. The van der Waals surface area contributed by atoms with Crippen LogP contribution in [0.4, 0.5) is 5.69 Å². The molecule has 3 aromatic rings. The van der Waals surface area contributed by atoms with Gasteiger partial charge in [-0.25, -0.2) is 9.97 Å². The van der Waals surface area contributed by atoms with Gasteiger partial charge in [-0.3, -0.25) is 4.79 Å². The number of hydrogen-bond donors (Lipinski definition) is 1. The Morgan fingerprint density at radius 1 is 1.19 bits per heavy atom. The molecule has 138 valence electrons. The first-order valence-corrected chi connectivity index (χ1v) is 10.9. The second-order valence-corrected chi connectivity index (χ2v) is 9.01. The Bertz CT molecular complexity index is 931. The van der Waals surface area contributed by atoms with Gasteiger partial charge in [0.1, 0.15) is 5.03 Å². The number of nitrogens with zero attached hydrogens (tertiary/aromatic N) is 2. The lowest BCUT2D eigenvalue weighted by atomic mass is 10.1. The van der Waals surface area contributed by atoms with E-state index in [2.05, 4.69) is 15.3 Å². The van der Waals surface area contributed by atoms with Crippen LogP contribution in [0.15, 0.2) is 53.0 Å². The fraction of sp³-hybridized carbons (Fsp3) is 0.286. The number of rotatable bonds is 5. The highest BCUT2D eigenvalue weighted by Gasteiger charge is 2.20. The van der Waals surface area contributed by atoms with Crippen molar-refractivity contribution in [1.29, 1.82) is 0 Å². The number of aryl methyl sites for hydroxylation is 1. The highest BCUT2D eigenvalue weighted by molar-refractivity contribution is 7.99. The van der Waals surface area contributed by atoms with Gasteiger partial charge in [0.15, 0.2) is 0 Å². The number of carbonyl (C=O) groups excluding carboxylic acids is 1. The highest BCUT2D eigenvalue weighted by atomic mass is 32.2. The first-order valence-electron chi connectivity index (χ1n) is 9.14. The van der Waals surface area contributed by atoms with Crippen molar-refractivity contribution in [2.24, 2.45) is 0 Å². The standard InChI is InChI=1S/C21H21N3OS2/c1-14-23-19(13-26-14)15-8-10-16(11-9-15)24-20(25)18-7-4-12-22-21(18)27-17-5-2-3-6-17/h4,7-13,17H,2-3,5-6H2,1H3,(H,24,25). The summed E-state index contributed by atoms with van der Waals surface area (Å²) in [5.41, 5.74) is 3.44. The number of hydrogen-bond acceptors (Lipinski definition) is 5. The van der Waals surface area contributed by atoms with Gasteiger partial charge in [0.25, 0.3) is 5.91 Å². The lowest BCUT2D eigenvalue weighted by Gasteiger charge is -2.12. The van der Waals surface area contributed by atoms with Gasteiger partial charge < -0.3 is 5.32 Å². The normalized spacial score (nSPS) is 14.4. The number of thiazole rings is 1. The van der Waals surface area contributed by atoms with Crippen molar-refractivity contribution in [1.82, 2.24) is 9.97 Å². The van der Waals surface area contributed by atoms with Gasteiger partial charge in [0, 0.05) is 28.1 Å². The van der Waals surface area contributed by atoms with Gasteiger partial charge in [-0.05, 0) is 44.0 Å². The predicted octanol–water partition coefficient (Wildman–Crippen LogP) is 5.80. The zero-order valence-corrected chi connectivity index (χ0v) is 16.8. The number of amides is 1. The predicted molar refractivity (Wildman–Crippen MR) is 113 cm³/mol. The zero-order chi connectivity index (χ0) is 18.6. The molecule has 2 aromatic heterocycles. The Labute approximate surface area is 167 Å². The fourth-order valence-corrected chi connectivity index (χ4v) is 5.16. The molecule has 0 bridgehead atoms. The van der Waals surface area contributed by atoms with E-state index in [1.807, 2.05) is 48.7 Å². The summed E-state index contributed by atoms with van der Waals surface area (Å²) in [5, 5.41) is 7.50. The van der Waals surface area contributed by atoms with Crippen LogP contribution in [0.25, 0.3) is 11.3 Å². The van der Waals surface area contributed by atoms with Gasteiger partial charge in [-0.1, -0.05) is 25.0 Å². The number of anilines is 1. The summed E-state index contributed by atoms with van der Waals surface area (Å²) >= 11 is 3.38. The van der Waals surface area contributed by atoms with Crippen molar-refractivity contribution in [2.45, 2.75) is 42.9 Å². The number of aromatic nitrogens is 2. The summed E-state index contributed by atoms with van der Waals surface area (Å²) in [5.74, 6) is -0.110. The van der Waals surface area contributed by atoms with Crippen LogP contribution in [0.1, 0.15) is 41.0 Å². The van der Waals surface area contributed by atoms with Gasteiger partial charge in [-0.15, -0.1) is 23.1 Å². The molecule has 6 heteroatoms. The largest absolute Gasteiger partial charge is 0.322 e. The molecule has 1 aliphatic carbocycles. The smallest absolute Gasteiger partial charge is 0.258 e. The third kappa shape index (κ3) is 4.39. The van der Waals surface area contributed by atoms with E-state index < -0.39 is 0 Å². The van der Waals surface area contributed by atoms with Gasteiger partial charge in [-0.2, -0.15) is 0 Å². The van der Waals surface area contributed by atoms with Crippen LogP contribution >= 0.6 is 23.1 Å². The molecule has 27 heavy (non-hydrogen) atoms. The SMILES string of the molecule is Cc1nc(-c2ccc(NC(=O)c3cccnc3SC3CCCC3)cc2)cs1. The van der Waals surface area contributed by atoms with E-state index in [1.54, 1.807) is 29.3 Å². The molecule has 1 amide bonds. The van der Waals surface area contributed by atoms with Crippen molar-refractivity contribution in [3.8, 4) is 11.3 Å². The van der Waals surface area contributed by atoms with Crippen LogP contribution in [0, 0.1) is 6.92 Å². The monoisotopic (exact) mass is 395 g/mol. The second kappa shape index (κ2) is 8.23. The minimum absolute atomic E-state index is 0.110. The van der Waals surface area contributed by atoms with Crippen molar-refractivity contribution < 1.29 is 4.79 Å². The molecule has 0 radical (unpaired) electrons. The number of pyridine rings is 1. The maximum absolute atomic E-state index is 12.8. The Morgan fingerprint density at radius 2 is 1.96 bits per heavy atom. The molecule has 0 unspecified atom stereocenters. The number of nitrogens with one attached hydrogen (secondary N) is 1. The van der Waals surface area contributed by atoms with E-state index in [1.165, 1.54) is 25.7 Å². The molecule has 1 N–H and O–H groups in total. The molecule has 0 saturated heterocycles. The molecule has 0 spiro atoms. The molecule has 4 rings (SSSR count). The highest BCUT2D eigenvalue weighted by Crippen LogP contribution is 2.35. The fourth-order valence-electron chi connectivity index (χ4n) is 3.24. The van der Waals surface area contributed by atoms with Crippen LogP contribution < -0.4 is 5.32 Å². The molecule has 0 aliphatic heterocycles. The summed E-state index contributed by atoms with van der Waals surface area (Å²) in [6.07, 6.45) is 6.73. The second-order valence-electron chi connectivity index (χ2n) is 6.66. The van der Waals surface area contributed by atoms with Crippen LogP contribution in [-0.2, 0) is 0 Å². The quantitative estimate of drug-likeness (QED) is 0.593. The van der Waals surface area contributed by atoms with Crippen LogP contribution in [0.2, 0.25) is 0 Å². The molecule has 0 atom stereocenters. The lowest BCUT2D eigenvalue weighted by Crippen LogP contribution is -2.14. The van der Waals surface area contributed by atoms with Crippen LogP contribution in [0.5, 0.6) is 0 Å². The maximum Gasteiger partial charge on any atom is 0.258 e. The zero-order valence-electron chi connectivity index (χ0n) is 15.1. The first-order chi connectivity index (χ1) is 13.2. The summed E-state index contributed by atoms with van der Waals surface area (Å²) in [4.78, 5) is 21.7. The Kier molecular flexibility index (Phi) is 5.55. The van der Waals surface area contributed by atoms with E-state index >= 15 is 0 Å². The van der Waals surface area contributed by atoms with Gasteiger partial charge >= 0.3 is 0 Å². The lowest BCUT2D eigenvalue weighted by molar-refractivity contribution is 0.102.